The van der Waals surface area contributed by atoms with Crippen LogP contribution < -0.4 is 4.90 Å². The largest absolute Gasteiger partial charge is 0.305 e. The van der Waals surface area contributed by atoms with E-state index < -0.39 is 0 Å². The average Bonchev–Trinajstić information content (AvgIpc) is 3.14. The molecule has 0 saturated carbocycles. The third-order valence-electron chi connectivity index (χ3n) is 4.74. The summed E-state index contributed by atoms with van der Waals surface area (Å²) in [5.41, 5.74) is 4.67. The fraction of sp³-hybridized carbons (Fsp3) is 0.200. The van der Waals surface area contributed by atoms with E-state index in [1.54, 1.807) is 6.20 Å². The molecule has 0 aliphatic carbocycles. The molecule has 0 spiro atoms. The van der Waals surface area contributed by atoms with E-state index in [4.69, 9.17) is 0 Å². The summed E-state index contributed by atoms with van der Waals surface area (Å²) in [5, 5.41) is 4.44. The number of benzene rings is 2. The first-order valence-corrected chi connectivity index (χ1v) is 9.07. The second-order valence-corrected chi connectivity index (χ2v) is 7.30. The van der Waals surface area contributed by atoms with E-state index in [1.807, 2.05) is 59.0 Å². The number of halogens is 1. The van der Waals surface area contributed by atoms with E-state index in [2.05, 4.69) is 34.0 Å². The predicted molar refractivity (Wildman–Crippen MR) is 102 cm³/mol. The highest BCUT2D eigenvalue weighted by molar-refractivity contribution is 9.10. The van der Waals surface area contributed by atoms with Gasteiger partial charge in [-0.25, -0.2) is 4.68 Å². The molecular weight excluding hydrogens is 378 g/mol. The zero-order valence-electron chi connectivity index (χ0n) is 14.1. The predicted octanol–water partition coefficient (Wildman–Crippen LogP) is 4.53. The Morgan fingerprint density at radius 3 is 2.64 bits per heavy atom. The van der Waals surface area contributed by atoms with Gasteiger partial charge in [-0.2, -0.15) is 5.10 Å². The molecule has 5 heteroatoms. The number of anilines is 1. The van der Waals surface area contributed by atoms with Gasteiger partial charge < -0.3 is 4.90 Å². The number of rotatable bonds is 2. The molecule has 0 unspecified atom stereocenters. The zero-order chi connectivity index (χ0) is 17.6. The van der Waals surface area contributed by atoms with Crippen LogP contribution in [0.2, 0.25) is 0 Å². The minimum absolute atomic E-state index is 0.0123. The van der Waals surface area contributed by atoms with Crippen molar-refractivity contribution in [2.45, 2.75) is 26.3 Å². The number of nitrogens with zero attached hydrogens (tertiary/aromatic N) is 3. The van der Waals surface area contributed by atoms with E-state index >= 15 is 0 Å². The highest BCUT2D eigenvalue weighted by Crippen LogP contribution is 2.33. The van der Waals surface area contributed by atoms with Gasteiger partial charge in [0.25, 0.3) is 5.91 Å². The lowest BCUT2D eigenvalue weighted by atomic mass is 10.1. The Kier molecular flexibility index (Phi) is 3.96. The number of hydrogen-bond acceptors (Lipinski definition) is 2. The molecule has 2 heterocycles. The van der Waals surface area contributed by atoms with Crippen molar-refractivity contribution in [3.63, 3.8) is 0 Å². The number of carbonyl (C=O) groups is 1. The highest BCUT2D eigenvalue weighted by atomic mass is 79.9. The number of hydrogen-bond donors (Lipinski definition) is 0. The molecule has 0 bridgehead atoms. The minimum Gasteiger partial charge on any atom is -0.305 e. The molecule has 1 aliphatic heterocycles. The molecule has 0 saturated heterocycles. The van der Waals surface area contributed by atoms with Gasteiger partial charge >= 0.3 is 0 Å². The Balaban J connectivity index is 1.71. The second kappa shape index (κ2) is 6.15. The second-order valence-electron chi connectivity index (χ2n) is 6.39. The number of fused-ring (bicyclic) bond motifs is 1. The summed E-state index contributed by atoms with van der Waals surface area (Å²) < 4.78 is 2.83. The molecule has 126 valence electrons. The van der Waals surface area contributed by atoms with E-state index in [0.29, 0.717) is 5.56 Å². The number of amides is 1. The molecule has 0 radical (unpaired) electrons. The van der Waals surface area contributed by atoms with Crippen molar-refractivity contribution in [2.24, 2.45) is 0 Å². The van der Waals surface area contributed by atoms with Crippen LogP contribution in [0, 0.1) is 6.92 Å². The maximum atomic E-state index is 13.2. The molecule has 1 aromatic heterocycles. The van der Waals surface area contributed by atoms with E-state index in [1.165, 1.54) is 5.56 Å². The van der Waals surface area contributed by atoms with Crippen LogP contribution in [0.25, 0.3) is 5.69 Å². The highest BCUT2D eigenvalue weighted by Gasteiger charge is 2.32. The van der Waals surface area contributed by atoms with Gasteiger partial charge in [0.15, 0.2) is 0 Å². The van der Waals surface area contributed by atoms with Gasteiger partial charge in [-0.05, 0) is 56.2 Å². The van der Waals surface area contributed by atoms with Gasteiger partial charge in [-0.3, -0.25) is 4.79 Å². The van der Waals surface area contributed by atoms with Gasteiger partial charge in [0.2, 0.25) is 0 Å². The van der Waals surface area contributed by atoms with Crippen LogP contribution in [0.4, 0.5) is 5.69 Å². The topological polar surface area (TPSA) is 38.1 Å². The number of carbonyl (C=O) groups excluding carboxylic acids is 1. The lowest BCUT2D eigenvalue weighted by Crippen LogP contribution is -2.36. The third-order valence-corrected chi connectivity index (χ3v) is 5.27. The van der Waals surface area contributed by atoms with Crippen molar-refractivity contribution in [1.29, 1.82) is 0 Å². The maximum absolute atomic E-state index is 13.2. The third kappa shape index (κ3) is 2.68. The van der Waals surface area contributed by atoms with Gasteiger partial charge in [0.1, 0.15) is 0 Å². The molecule has 1 amide bonds. The Morgan fingerprint density at radius 1 is 1.16 bits per heavy atom. The Labute approximate surface area is 155 Å². The van der Waals surface area contributed by atoms with Crippen molar-refractivity contribution in [2.75, 3.05) is 4.90 Å². The van der Waals surface area contributed by atoms with Crippen molar-refractivity contribution >= 4 is 27.5 Å². The molecule has 4 nitrogen and oxygen atoms in total. The molecule has 3 aromatic rings. The van der Waals surface area contributed by atoms with Crippen molar-refractivity contribution in [3.05, 3.63) is 76.0 Å². The van der Waals surface area contributed by atoms with Crippen LogP contribution in [0.3, 0.4) is 0 Å². The fourth-order valence-corrected chi connectivity index (χ4v) is 3.73. The van der Waals surface area contributed by atoms with Crippen LogP contribution in [0.15, 0.2) is 59.2 Å². The summed E-state index contributed by atoms with van der Waals surface area (Å²) in [5.74, 6) is 0.0123. The molecule has 25 heavy (non-hydrogen) atoms. The summed E-state index contributed by atoms with van der Waals surface area (Å²) in [6.07, 6.45) is 2.56. The van der Waals surface area contributed by atoms with E-state index in [9.17, 15) is 4.79 Å². The van der Waals surface area contributed by atoms with Crippen molar-refractivity contribution < 1.29 is 4.79 Å². The molecular formula is C20H18BrN3O. The van der Waals surface area contributed by atoms with Gasteiger partial charge in [-0.15, -0.1) is 0 Å². The molecule has 1 aliphatic rings. The lowest BCUT2D eigenvalue weighted by molar-refractivity contribution is 0.0981. The average molecular weight is 396 g/mol. The number of aromatic nitrogens is 2. The molecule has 0 N–H and O–H groups in total. The van der Waals surface area contributed by atoms with E-state index in [-0.39, 0.29) is 11.9 Å². The maximum Gasteiger partial charge on any atom is 0.262 e. The zero-order valence-corrected chi connectivity index (χ0v) is 15.7. The summed E-state index contributed by atoms with van der Waals surface area (Å²) in [6.45, 7) is 4.03. The molecule has 4 rings (SSSR count). The van der Waals surface area contributed by atoms with Crippen LogP contribution in [-0.2, 0) is 6.42 Å². The van der Waals surface area contributed by atoms with Crippen molar-refractivity contribution in [3.8, 4) is 5.69 Å². The SMILES string of the molecule is Cc1c(C(=O)N2c3ccccc3C[C@@H]2C)cnn1-c1ccc(Br)cc1. The standard InChI is InChI=1S/C20H18BrN3O/c1-13-11-15-5-3-4-6-19(15)23(13)20(25)18-12-22-24(14(18)2)17-9-7-16(21)8-10-17/h3-10,12-13H,11H2,1-2H3/t13-/m0/s1. The molecule has 0 fully saturated rings. The monoisotopic (exact) mass is 395 g/mol. The number of para-hydroxylation sites is 1. The first-order chi connectivity index (χ1) is 12.1. The first-order valence-electron chi connectivity index (χ1n) is 8.28. The van der Waals surface area contributed by atoms with Gasteiger partial charge in [0, 0.05) is 16.2 Å². The quantitative estimate of drug-likeness (QED) is 0.638. The Hall–Kier alpha value is -2.40. The minimum atomic E-state index is 0.0123. The summed E-state index contributed by atoms with van der Waals surface area (Å²) in [7, 11) is 0. The van der Waals surface area contributed by atoms with Crippen LogP contribution in [-0.4, -0.2) is 21.7 Å². The molecule has 1 atom stereocenters. The van der Waals surface area contributed by atoms with Crippen LogP contribution in [0.5, 0.6) is 0 Å². The normalized spacial score (nSPS) is 16.1. The summed E-state index contributed by atoms with van der Waals surface area (Å²) >= 11 is 3.44. The first kappa shape index (κ1) is 16.1. The van der Waals surface area contributed by atoms with Crippen LogP contribution >= 0.6 is 15.9 Å². The summed E-state index contributed by atoms with van der Waals surface area (Å²) in [6, 6.07) is 16.2. The van der Waals surface area contributed by atoms with Gasteiger partial charge in [-0.1, -0.05) is 34.1 Å². The summed E-state index contributed by atoms with van der Waals surface area (Å²) in [4.78, 5) is 15.1. The fourth-order valence-electron chi connectivity index (χ4n) is 3.47. The smallest absolute Gasteiger partial charge is 0.262 e. The Bertz CT molecular complexity index is 946. The Morgan fingerprint density at radius 2 is 1.88 bits per heavy atom. The van der Waals surface area contributed by atoms with E-state index in [0.717, 1.165) is 28.0 Å². The van der Waals surface area contributed by atoms with Crippen molar-refractivity contribution in [1.82, 2.24) is 9.78 Å². The molecule has 2 aromatic carbocycles. The van der Waals surface area contributed by atoms with Gasteiger partial charge in [0.05, 0.1) is 23.1 Å². The lowest BCUT2D eigenvalue weighted by Gasteiger charge is -2.22. The van der Waals surface area contributed by atoms with Crippen LogP contribution in [0.1, 0.15) is 28.5 Å².